The minimum Gasteiger partial charge on any atom is -0.478 e. The third-order valence-electron chi connectivity index (χ3n) is 2.48. The van der Waals surface area contributed by atoms with Crippen molar-refractivity contribution in [3.63, 3.8) is 0 Å². The summed E-state index contributed by atoms with van der Waals surface area (Å²) in [7, 11) is 0. The van der Waals surface area contributed by atoms with Gasteiger partial charge in [0.25, 0.3) is 5.91 Å². The van der Waals surface area contributed by atoms with Gasteiger partial charge in [0.1, 0.15) is 0 Å². The molecule has 7 heteroatoms. The number of nitrogens with one attached hydrogen (secondary N) is 2. The summed E-state index contributed by atoms with van der Waals surface area (Å²) in [4.78, 5) is 32.4. The maximum atomic E-state index is 11.2. The van der Waals surface area contributed by atoms with Gasteiger partial charge in [-0.3, -0.25) is 10.1 Å². The molecule has 0 aromatic rings. The molecule has 0 saturated carbocycles. The van der Waals surface area contributed by atoms with Crippen LogP contribution in [0, 0.1) is 5.92 Å². The fourth-order valence-corrected chi connectivity index (χ4v) is 1.55. The van der Waals surface area contributed by atoms with Gasteiger partial charge in [0.2, 0.25) is 0 Å². The zero-order valence-corrected chi connectivity index (χ0v) is 9.85. The molecule has 100 valence electrons. The molecule has 18 heavy (non-hydrogen) atoms. The second-order valence-corrected chi connectivity index (χ2v) is 3.94. The summed E-state index contributed by atoms with van der Waals surface area (Å²) in [6, 6.07) is -0.631. The summed E-state index contributed by atoms with van der Waals surface area (Å²) in [6.07, 6.45) is 3.24. The van der Waals surface area contributed by atoms with Crippen molar-refractivity contribution in [2.75, 3.05) is 19.8 Å². The molecule has 1 heterocycles. The van der Waals surface area contributed by atoms with Crippen LogP contribution < -0.4 is 10.6 Å². The lowest BCUT2D eigenvalue weighted by atomic mass is 10.1. The predicted molar refractivity (Wildman–Crippen MR) is 61.9 cm³/mol. The van der Waals surface area contributed by atoms with Crippen LogP contribution in [0.25, 0.3) is 0 Å². The van der Waals surface area contributed by atoms with Gasteiger partial charge in [-0.1, -0.05) is 0 Å². The van der Waals surface area contributed by atoms with Crippen LogP contribution in [-0.4, -0.2) is 42.8 Å². The van der Waals surface area contributed by atoms with Crippen LogP contribution in [0.4, 0.5) is 4.79 Å². The molecule has 0 aromatic heterocycles. The largest absolute Gasteiger partial charge is 0.478 e. The number of urea groups is 1. The summed E-state index contributed by atoms with van der Waals surface area (Å²) >= 11 is 0. The Kier molecular flexibility index (Phi) is 5.86. The van der Waals surface area contributed by atoms with Gasteiger partial charge in [-0.05, 0) is 18.8 Å². The lowest BCUT2D eigenvalue weighted by molar-refractivity contribution is -0.131. The molecule has 3 amide bonds. The second kappa shape index (κ2) is 7.44. The van der Waals surface area contributed by atoms with E-state index in [0.717, 1.165) is 25.5 Å². The van der Waals surface area contributed by atoms with E-state index in [-0.39, 0.29) is 0 Å². The topological polar surface area (TPSA) is 105 Å². The number of carbonyl (C=O) groups excluding carboxylic acids is 2. The van der Waals surface area contributed by atoms with Crippen LogP contribution in [0.3, 0.4) is 0 Å². The Morgan fingerprint density at radius 1 is 1.33 bits per heavy atom. The summed E-state index contributed by atoms with van der Waals surface area (Å²) in [6.45, 7) is 1.93. The first-order valence-corrected chi connectivity index (χ1v) is 5.65. The molecule has 1 aliphatic rings. The Labute approximate surface area is 104 Å². The first-order valence-electron chi connectivity index (χ1n) is 5.65. The Morgan fingerprint density at radius 3 is 2.72 bits per heavy atom. The molecule has 0 radical (unpaired) electrons. The number of hydrogen-bond acceptors (Lipinski definition) is 4. The minimum atomic E-state index is -1.24. The molecular formula is C11H16N2O5. The van der Waals surface area contributed by atoms with E-state index in [1.165, 1.54) is 0 Å². The van der Waals surface area contributed by atoms with E-state index in [1.54, 1.807) is 0 Å². The lowest BCUT2D eigenvalue weighted by Crippen LogP contribution is -2.39. The molecule has 1 unspecified atom stereocenters. The molecule has 0 bridgehead atoms. The summed E-state index contributed by atoms with van der Waals surface area (Å²) < 4.78 is 5.19. The smallest absolute Gasteiger partial charge is 0.328 e. The molecule has 7 nitrogen and oxygen atoms in total. The number of carboxylic acid groups (broad SMARTS) is 1. The van der Waals surface area contributed by atoms with E-state index < -0.39 is 17.9 Å². The van der Waals surface area contributed by atoms with E-state index in [0.29, 0.717) is 25.1 Å². The van der Waals surface area contributed by atoms with Crippen molar-refractivity contribution in [3.05, 3.63) is 12.2 Å². The van der Waals surface area contributed by atoms with Crippen molar-refractivity contribution in [3.8, 4) is 0 Å². The Balaban J connectivity index is 2.12. The van der Waals surface area contributed by atoms with Crippen molar-refractivity contribution in [2.24, 2.45) is 5.92 Å². The van der Waals surface area contributed by atoms with Crippen molar-refractivity contribution >= 4 is 17.9 Å². The van der Waals surface area contributed by atoms with Crippen LogP contribution >= 0.6 is 0 Å². The van der Waals surface area contributed by atoms with Gasteiger partial charge in [0.15, 0.2) is 0 Å². The molecule has 0 aromatic carbocycles. The average Bonchev–Trinajstić information content (AvgIpc) is 2.79. The number of imide groups is 1. The van der Waals surface area contributed by atoms with Crippen molar-refractivity contribution in [1.29, 1.82) is 0 Å². The minimum absolute atomic E-state index is 0.452. The van der Waals surface area contributed by atoms with E-state index >= 15 is 0 Å². The Hall–Kier alpha value is -1.89. The molecule has 1 rings (SSSR count). The van der Waals surface area contributed by atoms with Crippen LogP contribution in [0.1, 0.15) is 12.8 Å². The highest BCUT2D eigenvalue weighted by molar-refractivity contribution is 6.02. The fourth-order valence-electron chi connectivity index (χ4n) is 1.55. The molecule has 1 fully saturated rings. The van der Waals surface area contributed by atoms with Crippen LogP contribution in [-0.2, 0) is 14.3 Å². The zero-order valence-electron chi connectivity index (χ0n) is 9.85. The molecule has 1 saturated heterocycles. The van der Waals surface area contributed by atoms with Gasteiger partial charge in [0, 0.05) is 31.9 Å². The number of amides is 3. The summed E-state index contributed by atoms with van der Waals surface area (Å²) in [5.41, 5.74) is 0. The number of aliphatic carboxylic acids is 1. The van der Waals surface area contributed by atoms with E-state index in [2.05, 4.69) is 5.32 Å². The van der Waals surface area contributed by atoms with Crippen molar-refractivity contribution in [1.82, 2.24) is 10.6 Å². The highest BCUT2D eigenvalue weighted by Crippen LogP contribution is 2.14. The summed E-state index contributed by atoms with van der Waals surface area (Å²) in [5.74, 6) is -1.56. The third-order valence-corrected chi connectivity index (χ3v) is 2.48. The van der Waals surface area contributed by atoms with E-state index in [1.807, 2.05) is 5.32 Å². The molecule has 3 N–H and O–H groups in total. The molecular weight excluding hydrogens is 240 g/mol. The van der Waals surface area contributed by atoms with Gasteiger partial charge < -0.3 is 15.2 Å². The molecule has 0 aliphatic carbocycles. The number of carboxylic acids is 1. The predicted octanol–water partition coefficient (Wildman–Crippen LogP) is -0.120. The van der Waals surface area contributed by atoms with Gasteiger partial charge in [-0.2, -0.15) is 0 Å². The van der Waals surface area contributed by atoms with Gasteiger partial charge >= 0.3 is 12.0 Å². The number of carbonyl (C=O) groups is 3. The van der Waals surface area contributed by atoms with Gasteiger partial charge in [0.05, 0.1) is 0 Å². The highest BCUT2D eigenvalue weighted by atomic mass is 16.5. The zero-order chi connectivity index (χ0) is 13.4. The SMILES string of the molecule is O=C(O)/C=C/C(=O)NC(=O)NCCC1CCOC1. The summed E-state index contributed by atoms with van der Waals surface area (Å²) in [5, 5.41) is 12.8. The lowest BCUT2D eigenvalue weighted by Gasteiger charge is -2.08. The maximum Gasteiger partial charge on any atom is 0.328 e. The number of rotatable bonds is 5. The molecule has 1 atom stereocenters. The number of ether oxygens (including phenoxy) is 1. The van der Waals surface area contributed by atoms with Crippen LogP contribution in [0.5, 0.6) is 0 Å². The Bertz CT molecular complexity index is 347. The van der Waals surface area contributed by atoms with Crippen LogP contribution in [0.2, 0.25) is 0 Å². The van der Waals surface area contributed by atoms with Gasteiger partial charge in [-0.25, -0.2) is 9.59 Å². The highest BCUT2D eigenvalue weighted by Gasteiger charge is 2.15. The normalized spacial score (nSPS) is 18.8. The van der Waals surface area contributed by atoms with E-state index in [9.17, 15) is 14.4 Å². The molecule has 1 aliphatic heterocycles. The average molecular weight is 256 g/mol. The third kappa shape index (κ3) is 6.00. The van der Waals surface area contributed by atoms with Crippen LogP contribution in [0.15, 0.2) is 12.2 Å². The Morgan fingerprint density at radius 2 is 2.11 bits per heavy atom. The fraction of sp³-hybridized carbons (Fsp3) is 0.545. The maximum absolute atomic E-state index is 11.2. The first kappa shape index (κ1) is 14.2. The van der Waals surface area contributed by atoms with Crippen molar-refractivity contribution in [2.45, 2.75) is 12.8 Å². The second-order valence-electron chi connectivity index (χ2n) is 3.94. The quantitative estimate of drug-likeness (QED) is 0.595. The monoisotopic (exact) mass is 256 g/mol. The van der Waals surface area contributed by atoms with E-state index in [4.69, 9.17) is 9.84 Å². The first-order chi connectivity index (χ1) is 8.58. The number of hydrogen-bond donors (Lipinski definition) is 3. The molecule has 0 spiro atoms. The standard InChI is InChI=1S/C11H16N2O5/c14-9(1-2-10(15)16)13-11(17)12-5-3-8-4-6-18-7-8/h1-2,8H,3-7H2,(H,15,16)(H2,12,13,14,17)/b2-1+. The van der Waals surface area contributed by atoms with Gasteiger partial charge in [-0.15, -0.1) is 0 Å². The van der Waals surface area contributed by atoms with Crippen molar-refractivity contribution < 1.29 is 24.2 Å².